The second-order valence-corrected chi connectivity index (χ2v) is 9.20. The maximum Gasteiger partial charge on any atom is 0.339 e. The predicted octanol–water partition coefficient (Wildman–Crippen LogP) is 4.68. The van der Waals surface area contributed by atoms with Gasteiger partial charge in [-0.25, -0.2) is 0 Å². The van der Waals surface area contributed by atoms with Crippen molar-refractivity contribution in [1.82, 2.24) is 0 Å². The van der Waals surface area contributed by atoms with Crippen LogP contribution in [-0.4, -0.2) is 26.4 Å². The van der Waals surface area contributed by atoms with E-state index in [1.54, 1.807) is 24.3 Å². The van der Waals surface area contributed by atoms with Crippen LogP contribution in [0.25, 0.3) is 6.08 Å². The van der Waals surface area contributed by atoms with Crippen molar-refractivity contribution in [2.45, 2.75) is 4.90 Å². The Morgan fingerprint density at radius 3 is 2.40 bits per heavy atom. The zero-order valence-electron chi connectivity index (χ0n) is 18.0. The van der Waals surface area contributed by atoms with Gasteiger partial charge in [0.05, 0.1) is 17.7 Å². The van der Waals surface area contributed by atoms with Gasteiger partial charge in [-0.3, -0.25) is 14.9 Å². The van der Waals surface area contributed by atoms with Gasteiger partial charge in [-0.2, -0.15) is 13.7 Å². The fourth-order valence-corrected chi connectivity index (χ4v) is 4.13. The first kappa shape index (κ1) is 25.4. The molecule has 0 aliphatic carbocycles. The molecule has 0 aliphatic heterocycles. The van der Waals surface area contributed by atoms with E-state index < -0.39 is 20.9 Å². The molecule has 0 fully saturated rings. The van der Waals surface area contributed by atoms with E-state index in [-0.39, 0.29) is 27.7 Å². The van der Waals surface area contributed by atoms with Crippen molar-refractivity contribution in [2.75, 3.05) is 12.4 Å². The lowest BCUT2D eigenvalue weighted by Gasteiger charge is -2.11. The van der Waals surface area contributed by atoms with Gasteiger partial charge in [0, 0.05) is 16.6 Å². The molecule has 3 aromatic carbocycles. The van der Waals surface area contributed by atoms with Crippen LogP contribution in [0.4, 0.5) is 11.4 Å². The summed E-state index contributed by atoms with van der Waals surface area (Å²) in [6.45, 7) is 0. The number of nitriles is 1. The Hall–Kier alpha value is -4.21. The molecule has 0 bridgehead atoms. The van der Waals surface area contributed by atoms with Crippen molar-refractivity contribution >= 4 is 49.4 Å². The number of methoxy groups -OCH3 is 1. The fourth-order valence-electron chi connectivity index (χ4n) is 2.81. The molecule has 0 radical (unpaired) electrons. The van der Waals surface area contributed by atoms with Crippen molar-refractivity contribution in [3.63, 3.8) is 0 Å². The number of nitrogens with one attached hydrogen (secondary N) is 1. The maximum absolute atomic E-state index is 12.6. The van der Waals surface area contributed by atoms with E-state index in [2.05, 4.69) is 21.2 Å². The summed E-state index contributed by atoms with van der Waals surface area (Å²) in [7, 11) is -3.03. The third-order valence-corrected chi connectivity index (χ3v) is 6.46. The van der Waals surface area contributed by atoms with Crippen molar-refractivity contribution in [2.24, 2.45) is 0 Å². The Balaban J connectivity index is 1.84. The molecule has 3 rings (SSSR count). The number of nitro groups is 1. The third-order valence-electron chi connectivity index (χ3n) is 4.52. The Morgan fingerprint density at radius 1 is 1.11 bits per heavy atom. The van der Waals surface area contributed by atoms with Crippen LogP contribution >= 0.6 is 15.9 Å². The van der Waals surface area contributed by atoms with Gasteiger partial charge in [-0.15, -0.1) is 0 Å². The molecule has 0 spiro atoms. The summed E-state index contributed by atoms with van der Waals surface area (Å²) in [6.07, 6.45) is 1.31. The summed E-state index contributed by atoms with van der Waals surface area (Å²) in [5, 5.41) is 22.8. The molecule has 3 aromatic rings. The molecule has 0 atom stereocenters. The summed E-state index contributed by atoms with van der Waals surface area (Å²) >= 11 is 3.31. The number of carbonyl (C=O) groups excluding carboxylic acids is 1. The number of para-hydroxylation sites is 1. The molecular weight excluding hydrogens is 542 g/mol. The van der Waals surface area contributed by atoms with E-state index in [0.717, 1.165) is 24.3 Å². The van der Waals surface area contributed by atoms with Crippen molar-refractivity contribution in [3.8, 4) is 17.6 Å². The Kier molecular flexibility index (Phi) is 7.85. The molecule has 0 aliphatic rings. The maximum atomic E-state index is 12.6. The third kappa shape index (κ3) is 6.23. The van der Waals surface area contributed by atoms with Gasteiger partial charge in [-0.05, 0) is 64.0 Å². The second-order valence-electron chi connectivity index (χ2n) is 6.80. The van der Waals surface area contributed by atoms with E-state index in [0.29, 0.717) is 15.7 Å². The van der Waals surface area contributed by atoms with Gasteiger partial charge < -0.3 is 14.2 Å². The van der Waals surface area contributed by atoms with Gasteiger partial charge in [0.25, 0.3) is 11.6 Å². The number of ether oxygens (including phenoxy) is 1. The highest BCUT2D eigenvalue weighted by Gasteiger charge is 2.21. The average molecular weight is 558 g/mol. The molecule has 178 valence electrons. The number of anilines is 1. The number of rotatable bonds is 8. The molecule has 1 N–H and O–H groups in total. The Morgan fingerprint density at radius 2 is 1.80 bits per heavy atom. The van der Waals surface area contributed by atoms with Crippen LogP contribution in [0.2, 0.25) is 0 Å². The lowest BCUT2D eigenvalue weighted by Crippen LogP contribution is -2.13. The monoisotopic (exact) mass is 557 g/mol. The van der Waals surface area contributed by atoms with Crippen LogP contribution in [0.1, 0.15) is 5.56 Å². The molecular formula is C23H16BrN3O7S. The highest BCUT2D eigenvalue weighted by Crippen LogP contribution is 2.32. The number of hydrogen-bond acceptors (Lipinski definition) is 8. The first-order chi connectivity index (χ1) is 16.6. The van der Waals surface area contributed by atoms with Crippen LogP contribution in [0.5, 0.6) is 11.5 Å². The quantitative estimate of drug-likeness (QED) is 0.138. The molecule has 35 heavy (non-hydrogen) atoms. The Labute approximate surface area is 208 Å². The molecule has 0 aromatic heterocycles. The van der Waals surface area contributed by atoms with E-state index in [1.807, 2.05) is 6.07 Å². The van der Waals surface area contributed by atoms with E-state index in [4.69, 9.17) is 8.92 Å². The summed E-state index contributed by atoms with van der Waals surface area (Å²) < 4.78 is 36.2. The lowest BCUT2D eigenvalue weighted by molar-refractivity contribution is -0.384. The highest BCUT2D eigenvalue weighted by atomic mass is 79.9. The van der Waals surface area contributed by atoms with Crippen molar-refractivity contribution < 1.29 is 27.1 Å². The van der Waals surface area contributed by atoms with Gasteiger partial charge in [0.15, 0.2) is 11.5 Å². The van der Waals surface area contributed by atoms with E-state index >= 15 is 0 Å². The number of non-ortho nitro benzene ring substituents is 1. The summed E-state index contributed by atoms with van der Waals surface area (Å²) in [5.41, 5.74) is 0.391. The number of hydrogen-bond donors (Lipinski definition) is 1. The van der Waals surface area contributed by atoms with Crippen molar-refractivity contribution in [1.29, 1.82) is 5.26 Å². The second kappa shape index (κ2) is 10.8. The molecule has 10 nitrogen and oxygen atoms in total. The summed E-state index contributed by atoms with van der Waals surface area (Å²) in [6, 6.07) is 17.1. The normalized spacial score (nSPS) is 11.3. The lowest BCUT2D eigenvalue weighted by atomic mass is 10.1. The molecule has 1 amide bonds. The summed E-state index contributed by atoms with van der Waals surface area (Å²) in [5.74, 6) is -0.772. The average Bonchev–Trinajstić information content (AvgIpc) is 2.84. The SMILES string of the molecule is COc1cc(/C=C(\C#N)C(=O)Nc2ccccc2Br)ccc1OS(=O)(=O)c1ccc([N+](=O)[O-])cc1. The van der Waals surface area contributed by atoms with Gasteiger partial charge in [-0.1, -0.05) is 18.2 Å². The minimum absolute atomic E-state index is 0.0211. The minimum atomic E-state index is -4.32. The molecule has 0 unspecified atom stereocenters. The molecule has 12 heteroatoms. The largest absolute Gasteiger partial charge is 0.493 e. The van der Waals surface area contributed by atoms with Gasteiger partial charge in [0.2, 0.25) is 0 Å². The number of nitrogens with zero attached hydrogens (tertiary/aromatic N) is 2. The number of amides is 1. The number of benzene rings is 3. The number of nitro benzene ring substituents is 1. The smallest absolute Gasteiger partial charge is 0.339 e. The number of halogens is 1. The van der Waals surface area contributed by atoms with Crippen LogP contribution in [0.15, 0.2) is 81.7 Å². The molecule has 0 heterocycles. The minimum Gasteiger partial charge on any atom is -0.493 e. The van der Waals surface area contributed by atoms with Crippen molar-refractivity contribution in [3.05, 3.63) is 92.5 Å². The van der Waals surface area contributed by atoms with Crippen LogP contribution in [-0.2, 0) is 14.9 Å². The topological polar surface area (TPSA) is 149 Å². The summed E-state index contributed by atoms with van der Waals surface area (Å²) in [4.78, 5) is 22.4. The first-order valence-electron chi connectivity index (χ1n) is 9.69. The standard InChI is InChI=1S/C23H16BrN3O7S/c1-33-22-13-15(12-16(14-25)23(28)26-20-5-3-2-4-19(20)24)6-11-21(22)34-35(31,32)18-9-7-17(8-10-18)27(29)30/h2-13H,1H3,(H,26,28)/b16-12+. The first-order valence-corrected chi connectivity index (χ1v) is 11.9. The number of carbonyl (C=O) groups is 1. The Bertz CT molecular complexity index is 1460. The van der Waals surface area contributed by atoms with E-state index in [1.165, 1.54) is 31.4 Å². The van der Waals surface area contributed by atoms with E-state index in [9.17, 15) is 28.6 Å². The van der Waals surface area contributed by atoms with Crippen LogP contribution in [0.3, 0.4) is 0 Å². The zero-order valence-corrected chi connectivity index (χ0v) is 20.4. The van der Waals surface area contributed by atoms with Crippen LogP contribution < -0.4 is 14.2 Å². The zero-order chi connectivity index (χ0) is 25.6. The highest BCUT2D eigenvalue weighted by molar-refractivity contribution is 9.10. The van der Waals surface area contributed by atoms with Gasteiger partial charge >= 0.3 is 10.1 Å². The molecule has 0 saturated carbocycles. The molecule has 0 saturated heterocycles. The fraction of sp³-hybridized carbons (Fsp3) is 0.0435. The van der Waals surface area contributed by atoms with Crippen LogP contribution in [0, 0.1) is 21.4 Å². The predicted molar refractivity (Wildman–Crippen MR) is 130 cm³/mol. The van der Waals surface area contributed by atoms with Gasteiger partial charge in [0.1, 0.15) is 16.5 Å².